The average Bonchev–Trinajstić information content (AvgIpc) is 3.08. The molecule has 0 unspecified atom stereocenters. The molecule has 0 atom stereocenters. The third-order valence-electron chi connectivity index (χ3n) is 3.65. The van der Waals surface area contributed by atoms with Crippen LogP contribution < -0.4 is 10.6 Å². The molecule has 0 amide bonds. The average molecular weight is 279 g/mol. The van der Waals surface area contributed by atoms with Crippen LogP contribution in [0.5, 0.6) is 0 Å². The number of nitrogens with one attached hydrogen (secondary N) is 1. The number of hydrogen-bond donors (Lipinski definition) is 1. The molecule has 19 heavy (non-hydrogen) atoms. The Morgan fingerprint density at radius 3 is 2.89 bits per heavy atom. The maximum absolute atomic E-state index is 11.6. The summed E-state index contributed by atoms with van der Waals surface area (Å²) < 4.78 is 1.74. The molecule has 1 fully saturated rings. The lowest BCUT2D eigenvalue weighted by molar-refractivity contribution is 0.465. The van der Waals surface area contributed by atoms with Gasteiger partial charge in [0.15, 0.2) is 5.13 Å². The van der Waals surface area contributed by atoms with E-state index in [9.17, 15) is 4.79 Å². The molecular formula is C12H17N5OS. The van der Waals surface area contributed by atoms with Gasteiger partial charge < -0.3 is 4.90 Å². The molecule has 2 aromatic rings. The van der Waals surface area contributed by atoms with Crippen LogP contribution in [0, 0.1) is 0 Å². The summed E-state index contributed by atoms with van der Waals surface area (Å²) in [6, 6.07) is 0. The number of anilines is 1. The van der Waals surface area contributed by atoms with Crippen LogP contribution in [0.4, 0.5) is 5.13 Å². The van der Waals surface area contributed by atoms with E-state index in [-0.39, 0.29) is 5.69 Å². The molecule has 0 saturated carbocycles. The van der Waals surface area contributed by atoms with Crippen molar-refractivity contribution in [3.05, 3.63) is 27.9 Å². The summed E-state index contributed by atoms with van der Waals surface area (Å²) in [7, 11) is 0. The van der Waals surface area contributed by atoms with Crippen molar-refractivity contribution in [3.63, 3.8) is 0 Å². The van der Waals surface area contributed by atoms with Gasteiger partial charge in [-0.05, 0) is 19.8 Å². The van der Waals surface area contributed by atoms with Crippen LogP contribution in [0.3, 0.4) is 0 Å². The topological polar surface area (TPSA) is 66.8 Å². The molecule has 0 aromatic carbocycles. The monoisotopic (exact) mass is 279 g/mol. The smallest absolute Gasteiger partial charge is 0.343 e. The summed E-state index contributed by atoms with van der Waals surface area (Å²) in [5.41, 5.74) is -0.0974. The van der Waals surface area contributed by atoms with Gasteiger partial charge in [0, 0.05) is 37.1 Å². The Balaban J connectivity index is 1.71. The van der Waals surface area contributed by atoms with Gasteiger partial charge in [0.1, 0.15) is 5.82 Å². The minimum Gasteiger partial charge on any atom is -0.348 e. The van der Waals surface area contributed by atoms with Crippen LogP contribution in [0.1, 0.15) is 31.5 Å². The summed E-state index contributed by atoms with van der Waals surface area (Å²) >= 11 is 1.68. The predicted molar refractivity (Wildman–Crippen MR) is 74.8 cm³/mol. The fourth-order valence-corrected chi connectivity index (χ4v) is 3.34. The molecule has 0 aliphatic carbocycles. The lowest BCUT2D eigenvalue weighted by Gasteiger charge is -2.31. The number of nitrogens with zero attached hydrogens (tertiary/aromatic N) is 4. The lowest BCUT2D eigenvalue weighted by atomic mass is 9.96. The van der Waals surface area contributed by atoms with Crippen molar-refractivity contribution in [2.24, 2.45) is 0 Å². The molecule has 1 aliphatic rings. The predicted octanol–water partition coefficient (Wildman–Crippen LogP) is 1.43. The maximum atomic E-state index is 11.6. The first kappa shape index (κ1) is 12.4. The molecule has 1 N–H and O–H groups in total. The maximum Gasteiger partial charge on any atom is 0.343 e. The number of rotatable bonds is 3. The van der Waals surface area contributed by atoms with Crippen LogP contribution >= 0.6 is 11.3 Å². The standard InChI is InChI=1S/C12H17N5OS/c1-2-17-10(14-15-11(17)18)9-3-6-16(7-4-9)12-13-5-8-19-12/h5,8-9H,2-4,6-7H2,1H3,(H,15,18). The van der Waals surface area contributed by atoms with Crippen molar-refractivity contribution in [2.75, 3.05) is 18.0 Å². The van der Waals surface area contributed by atoms with E-state index in [1.54, 1.807) is 15.9 Å². The van der Waals surface area contributed by atoms with Gasteiger partial charge in [0.2, 0.25) is 0 Å². The highest BCUT2D eigenvalue weighted by atomic mass is 32.1. The van der Waals surface area contributed by atoms with E-state index in [1.807, 2.05) is 18.5 Å². The highest BCUT2D eigenvalue weighted by Gasteiger charge is 2.25. The van der Waals surface area contributed by atoms with Gasteiger partial charge in [-0.1, -0.05) is 0 Å². The molecule has 2 aromatic heterocycles. The van der Waals surface area contributed by atoms with Crippen molar-refractivity contribution in [3.8, 4) is 0 Å². The second kappa shape index (κ2) is 5.16. The number of aromatic amines is 1. The van der Waals surface area contributed by atoms with Gasteiger partial charge >= 0.3 is 5.69 Å². The van der Waals surface area contributed by atoms with E-state index < -0.39 is 0 Å². The Morgan fingerprint density at radius 1 is 1.47 bits per heavy atom. The van der Waals surface area contributed by atoms with E-state index in [2.05, 4.69) is 20.1 Å². The van der Waals surface area contributed by atoms with E-state index in [4.69, 9.17) is 0 Å². The van der Waals surface area contributed by atoms with E-state index in [1.165, 1.54) is 0 Å². The Morgan fingerprint density at radius 2 is 2.26 bits per heavy atom. The van der Waals surface area contributed by atoms with Crippen molar-refractivity contribution in [2.45, 2.75) is 32.2 Å². The van der Waals surface area contributed by atoms with Gasteiger partial charge in [-0.25, -0.2) is 14.9 Å². The molecule has 0 bridgehead atoms. The van der Waals surface area contributed by atoms with E-state index in [0.717, 1.165) is 36.9 Å². The summed E-state index contributed by atoms with van der Waals surface area (Å²) in [6.45, 7) is 4.61. The molecule has 102 valence electrons. The zero-order chi connectivity index (χ0) is 13.2. The third kappa shape index (κ3) is 2.30. The molecule has 7 heteroatoms. The van der Waals surface area contributed by atoms with Gasteiger partial charge in [-0.15, -0.1) is 11.3 Å². The number of piperidine rings is 1. The van der Waals surface area contributed by atoms with Crippen molar-refractivity contribution in [1.82, 2.24) is 19.7 Å². The second-order valence-corrected chi connectivity index (χ2v) is 5.58. The summed E-state index contributed by atoms with van der Waals surface area (Å²) in [4.78, 5) is 18.2. The molecule has 3 rings (SSSR count). The number of thiazole rings is 1. The van der Waals surface area contributed by atoms with Crippen LogP contribution in [-0.4, -0.2) is 32.8 Å². The van der Waals surface area contributed by atoms with Gasteiger partial charge in [-0.3, -0.25) is 4.57 Å². The van der Waals surface area contributed by atoms with Crippen molar-refractivity contribution in [1.29, 1.82) is 0 Å². The molecular weight excluding hydrogens is 262 g/mol. The number of aromatic nitrogens is 4. The highest BCUT2D eigenvalue weighted by molar-refractivity contribution is 7.13. The normalized spacial score (nSPS) is 17.0. The summed E-state index contributed by atoms with van der Waals surface area (Å²) in [5.74, 6) is 1.28. The zero-order valence-corrected chi connectivity index (χ0v) is 11.7. The largest absolute Gasteiger partial charge is 0.348 e. The SMILES string of the molecule is CCn1c(C2CCN(c3nccs3)CC2)n[nH]c1=O. The summed E-state index contributed by atoms with van der Waals surface area (Å²) in [6.07, 6.45) is 3.88. The van der Waals surface area contributed by atoms with Gasteiger partial charge in [0.05, 0.1) is 0 Å². The van der Waals surface area contributed by atoms with Crippen LogP contribution in [0.15, 0.2) is 16.4 Å². The lowest BCUT2D eigenvalue weighted by Crippen LogP contribution is -2.34. The molecule has 6 nitrogen and oxygen atoms in total. The van der Waals surface area contributed by atoms with Crippen LogP contribution in [0.2, 0.25) is 0 Å². The van der Waals surface area contributed by atoms with Gasteiger partial charge in [-0.2, -0.15) is 5.10 Å². The van der Waals surface area contributed by atoms with Gasteiger partial charge in [0.25, 0.3) is 0 Å². The first-order valence-electron chi connectivity index (χ1n) is 6.59. The molecule has 1 saturated heterocycles. The molecule has 1 aliphatic heterocycles. The van der Waals surface area contributed by atoms with Crippen LogP contribution in [-0.2, 0) is 6.54 Å². The fraction of sp³-hybridized carbons (Fsp3) is 0.583. The van der Waals surface area contributed by atoms with Crippen LogP contribution in [0.25, 0.3) is 0 Å². The fourth-order valence-electron chi connectivity index (χ4n) is 2.65. The Bertz CT molecular complexity index is 580. The first-order valence-corrected chi connectivity index (χ1v) is 7.47. The quantitative estimate of drug-likeness (QED) is 0.923. The first-order chi connectivity index (χ1) is 9.29. The Labute approximate surface area is 115 Å². The van der Waals surface area contributed by atoms with Crippen molar-refractivity contribution < 1.29 is 0 Å². The van der Waals surface area contributed by atoms with E-state index >= 15 is 0 Å². The second-order valence-electron chi connectivity index (χ2n) is 4.71. The molecule has 0 radical (unpaired) electrons. The molecule has 0 spiro atoms. The number of hydrogen-bond acceptors (Lipinski definition) is 5. The minimum absolute atomic E-state index is 0.0974. The highest BCUT2D eigenvalue weighted by Crippen LogP contribution is 2.29. The van der Waals surface area contributed by atoms with Crippen molar-refractivity contribution >= 4 is 16.5 Å². The number of H-pyrrole nitrogens is 1. The zero-order valence-electron chi connectivity index (χ0n) is 10.9. The Hall–Kier alpha value is -1.63. The minimum atomic E-state index is -0.0974. The van der Waals surface area contributed by atoms with E-state index in [0.29, 0.717) is 12.5 Å². The third-order valence-corrected chi connectivity index (χ3v) is 4.49. The Kier molecular flexibility index (Phi) is 3.37. The summed E-state index contributed by atoms with van der Waals surface area (Å²) in [5, 5.41) is 9.84. The molecule has 3 heterocycles.